The molecule has 0 radical (unpaired) electrons. The van der Waals surface area contributed by atoms with E-state index in [1.807, 2.05) is 0 Å². The summed E-state index contributed by atoms with van der Waals surface area (Å²) in [4.78, 5) is 11.6. The molecule has 0 heterocycles. The normalized spacial score (nSPS) is 9.83. The van der Waals surface area contributed by atoms with Gasteiger partial charge in [-0.1, -0.05) is 23.2 Å². The number of hydrogen-bond acceptors (Lipinski definition) is 3. The molecule has 1 aromatic carbocycles. The van der Waals surface area contributed by atoms with Crippen LogP contribution in [0.15, 0.2) is 18.2 Å². The number of hydrogen-bond donors (Lipinski definition) is 1. The van der Waals surface area contributed by atoms with Gasteiger partial charge < -0.3 is 5.32 Å². The predicted molar refractivity (Wildman–Crippen MR) is 77.3 cm³/mol. The summed E-state index contributed by atoms with van der Waals surface area (Å²) in [6.45, 7) is 0. The van der Waals surface area contributed by atoms with Crippen LogP contribution in [0, 0.1) is 11.3 Å². The number of rotatable bonds is 6. The first-order chi connectivity index (χ1) is 8.63. The highest BCUT2D eigenvalue weighted by Crippen LogP contribution is 2.25. The van der Waals surface area contributed by atoms with E-state index in [0.29, 0.717) is 27.9 Å². The third-order valence-corrected chi connectivity index (χ3v) is 3.80. The smallest absolute Gasteiger partial charge is 0.234 e. The van der Waals surface area contributed by atoms with E-state index in [1.165, 1.54) is 11.8 Å². The second-order valence-corrected chi connectivity index (χ2v) is 5.41. The van der Waals surface area contributed by atoms with Crippen molar-refractivity contribution in [3.63, 3.8) is 0 Å². The Morgan fingerprint density at radius 2 is 2.17 bits per heavy atom. The molecule has 3 nitrogen and oxygen atoms in total. The summed E-state index contributed by atoms with van der Waals surface area (Å²) in [5, 5.41) is 12.0. The van der Waals surface area contributed by atoms with Crippen LogP contribution in [0.3, 0.4) is 0 Å². The molecular formula is C12H12Cl2N2OS. The number of benzene rings is 1. The van der Waals surface area contributed by atoms with Gasteiger partial charge in [-0.15, -0.1) is 0 Å². The van der Waals surface area contributed by atoms with E-state index >= 15 is 0 Å². The zero-order valence-electron chi connectivity index (χ0n) is 9.58. The lowest BCUT2D eigenvalue weighted by Gasteiger charge is -2.06. The van der Waals surface area contributed by atoms with Crippen molar-refractivity contribution in [3.05, 3.63) is 28.2 Å². The Hall–Kier alpha value is -0.890. The summed E-state index contributed by atoms with van der Waals surface area (Å²) in [6.07, 6.45) is 1.34. The Labute approximate surface area is 120 Å². The van der Waals surface area contributed by atoms with Crippen molar-refractivity contribution < 1.29 is 4.79 Å². The molecule has 0 aromatic heterocycles. The average Bonchev–Trinajstić information content (AvgIpc) is 2.34. The van der Waals surface area contributed by atoms with Crippen LogP contribution >= 0.6 is 35.0 Å². The maximum atomic E-state index is 11.6. The minimum Gasteiger partial charge on any atom is -0.325 e. The van der Waals surface area contributed by atoms with Gasteiger partial charge in [0, 0.05) is 12.1 Å². The van der Waals surface area contributed by atoms with Gasteiger partial charge in [0.05, 0.1) is 21.9 Å². The molecule has 0 bridgehead atoms. The standard InChI is InChI=1S/C12H12Cl2N2OS/c13-10-4-3-9(7-11(10)14)16-12(17)8-18-6-2-1-5-15/h3-4,7H,1-2,6,8H2,(H,16,17). The third-order valence-electron chi connectivity index (χ3n) is 2.01. The van der Waals surface area contributed by atoms with E-state index in [-0.39, 0.29) is 5.91 Å². The van der Waals surface area contributed by atoms with Crippen LogP contribution in [0.5, 0.6) is 0 Å². The van der Waals surface area contributed by atoms with E-state index in [0.717, 1.165) is 12.2 Å². The Bertz CT molecular complexity index is 460. The average molecular weight is 303 g/mol. The Kier molecular flexibility index (Phi) is 6.96. The molecule has 0 aliphatic rings. The van der Waals surface area contributed by atoms with Gasteiger partial charge in [0.15, 0.2) is 0 Å². The first kappa shape index (κ1) is 15.2. The highest BCUT2D eigenvalue weighted by Gasteiger charge is 2.04. The molecule has 0 atom stereocenters. The fraction of sp³-hybridized carbons (Fsp3) is 0.333. The van der Waals surface area contributed by atoms with Gasteiger partial charge in [0.2, 0.25) is 5.91 Å². The summed E-state index contributed by atoms with van der Waals surface area (Å²) in [5.74, 6) is 1.09. The molecule has 18 heavy (non-hydrogen) atoms. The number of amides is 1. The first-order valence-corrected chi connectivity index (χ1v) is 7.24. The number of nitrogens with one attached hydrogen (secondary N) is 1. The number of nitriles is 1. The quantitative estimate of drug-likeness (QED) is 0.809. The molecule has 0 aliphatic heterocycles. The monoisotopic (exact) mass is 302 g/mol. The SMILES string of the molecule is N#CCCCSCC(=O)Nc1ccc(Cl)c(Cl)c1. The molecule has 1 aromatic rings. The Balaban J connectivity index is 2.31. The van der Waals surface area contributed by atoms with Crippen molar-refractivity contribution in [3.8, 4) is 6.07 Å². The van der Waals surface area contributed by atoms with Gasteiger partial charge in [0.1, 0.15) is 0 Å². The second-order valence-electron chi connectivity index (χ2n) is 3.49. The fourth-order valence-corrected chi connectivity index (χ4v) is 2.24. The highest BCUT2D eigenvalue weighted by molar-refractivity contribution is 7.99. The minimum absolute atomic E-state index is 0.0876. The first-order valence-electron chi connectivity index (χ1n) is 5.33. The van der Waals surface area contributed by atoms with Crippen molar-refractivity contribution in [2.75, 3.05) is 16.8 Å². The van der Waals surface area contributed by atoms with Gasteiger partial charge in [-0.05, 0) is 30.4 Å². The molecular weight excluding hydrogens is 291 g/mol. The lowest BCUT2D eigenvalue weighted by atomic mass is 10.3. The largest absolute Gasteiger partial charge is 0.325 e. The minimum atomic E-state index is -0.0876. The maximum absolute atomic E-state index is 11.6. The van der Waals surface area contributed by atoms with Gasteiger partial charge in [-0.25, -0.2) is 0 Å². The number of thioether (sulfide) groups is 1. The topological polar surface area (TPSA) is 52.9 Å². The van der Waals surface area contributed by atoms with E-state index in [4.69, 9.17) is 28.5 Å². The highest BCUT2D eigenvalue weighted by atomic mass is 35.5. The van der Waals surface area contributed by atoms with Crippen LogP contribution in [-0.2, 0) is 4.79 Å². The van der Waals surface area contributed by atoms with Crippen molar-refractivity contribution >= 4 is 46.6 Å². The Morgan fingerprint density at radius 3 is 2.83 bits per heavy atom. The summed E-state index contributed by atoms with van der Waals surface area (Å²) >= 11 is 13.1. The summed E-state index contributed by atoms with van der Waals surface area (Å²) in [5.41, 5.74) is 0.632. The summed E-state index contributed by atoms with van der Waals surface area (Å²) in [7, 11) is 0. The number of halogens is 2. The van der Waals surface area contributed by atoms with Gasteiger partial charge in [0.25, 0.3) is 0 Å². The maximum Gasteiger partial charge on any atom is 0.234 e. The van der Waals surface area contributed by atoms with Crippen LogP contribution in [-0.4, -0.2) is 17.4 Å². The molecule has 6 heteroatoms. The molecule has 96 valence electrons. The summed E-state index contributed by atoms with van der Waals surface area (Å²) < 4.78 is 0. The summed E-state index contributed by atoms with van der Waals surface area (Å²) in [6, 6.07) is 7.02. The molecule has 0 unspecified atom stereocenters. The number of nitrogens with zero attached hydrogens (tertiary/aromatic N) is 1. The van der Waals surface area contributed by atoms with Gasteiger partial charge >= 0.3 is 0 Å². The lowest BCUT2D eigenvalue weighted by molar-refractivity contribution is -0.113. The number of carbonyl (C=O) groups is 1. The number of unbranched alkanes of at least 4 members (excludes halogenated alkanes) is 1. The second kappa shape index (κ2) is 8.25. The fourth-order valence-electron chi connectivity index (χ4n) is 1.19. The van der Waals surface area contributed by atoms with Crippen LogP contribution in [0.2, 0.25) is 10.0 Å². The van der Waals surface area contributed by atoms with Crippen LogP contribution < -0.4 is 5.32 Å². The van der Waals surface area contributed by atoms with Crippen LogP contribution in [0.25, 0.3) is 0 Å². The lowest BCUT2D eigenvalue weighted by Crippen LogP contribution is -2.14. The zero-order valence-corrected chi connectivity index (χ0v) is 11.9. The van der Waals surface area contributed by atoms with E-state index in [9.17, 15) is 4.79 Å². The van der Waals surface area contributed by atoms with E-state index in [1.54, 1.807) is 18.2 Å². The third kappa shape index (κ3) is 5.63. The van der Waals surface area contributed by atoms with Crippen molar-refractivity contribution in [1.82, 2.24) is 0 Å². The van der Waals surface area contributed by atoms with Gasteiger partial charge in [-0.2, -0.15) is 17.0 Å². The number of anilines is 1. The zero-order chi connectivity index (χ0) is 13.4. The molecule has 0 saturated heterocycles. The van der Waals surface area contributed by atoms with Crippen LogP contribution in [0.1, 0.15) is 12.8 Å². The van der Waals surface area contributed by atoms with Crippen molar-refractivity contribution in [1.29, 1.82) is 5.26 Å². The molecule has 0 fully saturated rings. The molecule has 1 rings (SSSR count). The van der Waals surface area contributed by atoms with Crippen LogP contribution in [0.4, 0.5) is 5.69 Å². The molecule has 1 amide bonds. The molecule has 0 spiro atoms. The molecule has 0 saturated carbocycles. The predicted octanol–water partition coefficient (Wildman–Crippen LogP) is 3.97. The van der Waals surface area contributed by atoms with Crippen molar-refractivity contribution in [2.45, 2.75) is 12.8 Å². The Morgan fingerprint density at radius 1 is 1.39 bits per heavy atom. The van der Waals surface area contributed by atoms with E-state index < -0.39 is 0 Å². The van der Waals surface area contributed by atoms with Crippen molar-refractivity contribution in [2.24, 2.45) is 0 Å². The van der Waals surface area contributed by atoms with Gasteiger partial charge in [-0.3, -0.25) is 4.79 Å². The van der Waals surface area contributed by atoms with E-state index in [2.05, 4.69) is 11.4 Å². The molecule has 1 N–H and O–H groups in total. The number of carbonyl (C=O) groups excluding carboxylic acids is 1. The molecule has 0 aliphatic carbocycles.